The van der Waals surface area contributed by atoms with Gasteiger partial charge in [0.05, 0.1) is 0 Å². The Balaban J connectivity index is 2.27. The van der Waals surface area contributed by atoms with E-state index < -0.39 is 32.6 Å². The number of amides is 1. The van der Waals surface area contributed by atoms with E-state index in [-0.39, 0.29) is 26.2 Å². The van der Waals surface area contributed by atoms with Gasteiger partial charge in [-0.3, -0.25) is 0 Å². The molecule has 1 aliphatic heterocycles. The van der Waals surface area contributed by atoms with E-state index in [1.807, 2.05) is 0 Å². The van der Waals surface area contributed by atoms with Gasteiger partial charge in [-0.1, -0.05) is 6.07 Å². The van der Waals surface area contributed by atoms with Crippen molar-refractivity contribution in [2.75, 3.05) is 26.2 Å². The third-order valence-electron chi connectivity index (χ3n) is 3.03. The number of benzene rings is 1. The topological polar surface area (TPSA) is 77.9 Å². The van der Waals surface area contributed by atoms with Gasteiger partial charge in [0, 0.05) is 26.2 Å². The first-order chi connectivity index (χ1) is 9.34. The molecule has 0 saturated carbocycles. The minimum atomic E-state index is -4.31. The molecule has 0 unspecified atom stereocenters. The first-order valence-corrected chi connectivity index (χ1v) is 7.20. The van der Waals surface area contributed by atoms with Crippen molar-refractivity contribution in [3.8, 4) is 0 Å². The summed E-state index contributed by atoms with van der Waals surface area (Å²) in [6, 6.07) is 2.80. The number of carbonyl (C=O) groups is 1. The zero-order chi connectivity index (χ0) is 14.9. The molecule has 1 saturated heterocycles. The van der Waals surface area contributed by atoms with Gasteiger partial charge in [0.15, 0.2) is 4.90 Å². The zero-order valence-electron chi connectivity index (χ0n) is 10.3. The Hall–Kier alpha value is -1.74. The van der Waals surface area contributed by atoms with E-state index in [9.17, 15) is 22.0 Å². The molecule has 0 spiro atoms. The summed E-state index contributed by atoms with van der Waals surface area (Å²) < 4.78 is 52.4. The molecule has 1 aromatic carbocycles. The molecule has 0 atom stereocenters. The molecular formula is C11H12F2N2O4S. The molecule has 1 aromatic rings. The van der Waals surface area contributed by atoms with Gasteiger partial charge in [0.25, 0.3) is 0 Å². The summed E-state index contributed by atoms with van der Waals surface area (Å²) in [5.74, 6) is -2.32. The van der Waals surface area contributed by atoms with Crippen LogP contribution in [0.15, 0.2) is 23.1 Å². The van der Waals surface area contributed by atoms with Crippen molar-refractivity contribution in [2.45, 2.75) is 4.90 Å². The molecule has 1 heterocycles. The minimum absolute atomic E-state index is 0.0371. The van der Waals surface area contributed by atoms with E-state index in [0.717, 1.165) is 27.4 Å². The number of halogens is 2. The van der Waals surface area contributed by atoms with Crippen molar-refractivity contribution in [1.29, 1.82) is 0 Å². The van der Waals surface area contributed by atoms with Crippen LogP contribution in [0.5, 0.6) is 0 Å². The number of piperazine rings is 1. The lowest BCUT2D eigenvalue weighted by Gasteiger charge is -2.32. The van der Waals surface area contributed by atoms with Gasteiger partial charge >= 0.3 is 6.09 Å². The largest absolute Gasteiger partial charge is 0.465 e. The normalized spacial score (nSPS) is 17.2. The summed E-state index contributed by atoms with van der Waals surface area (Å²) in [7, 11) is -4.31. The smallest absolute Gasteiger partial charge is 0.407 e. The molecule has 20 heavy (non-hydrogen) atoms. The first kappa shape index (κ1) is 14.7. The maximum atomic E-state index is 13.6. The average molecular weight is 306 g/mol. The Labute approximate surface area is 114 Å². The van der Waals surface area contributed by atoms with Crippen molar-refractivity contribution >= 4 is 16.1 Å². The first-order valence-electron chi connectivity index (χ1n) is 5.76. The van der Waals surface area contributed by atoms with Gasteiger partial charge < -0.3 is 10.0 Å². The molecule has 1 N–H and O–H groups in total. The van der Waals surface area contributed by atoms with E-state index in [4.69, 9.17) is 5.11 Å². The van der Waals surface area contributed by atoms with Crippen LogP contribution in [0.1, 0.15) is 0 Å². The maximum absolute atomic E-state index is 13.6. The number of rotatable bonds is 2. The summed E-state index contributed by atoms with van der Waals surface area (Å²) in [5.41, 5.74) is 0. The monoisotopic (exact) mass is 306 g/mol. The highest BCUT2D eigenvalue weighted by Crippen LogP contribution is 2.23. The molecule has 0 bridgehead atoms. The van der Waals surface area contributed by atoms with Crippen LogP contribution in [0.3, 0.4) is 0 Å². The van der Waals surface area contributed by atoms with Crippen LogP contribution in [0.4, 0.5) is 13.6 Å². The van der Waals surface area contributed by atoms with Crippen molar-refractivity contribution < 1.29 is 27.1 Å². The number of sulfonamides is 1. The third kappa shape index (κ3) is 2.59. The second kappa shape index (κ2) is 5.33. The maximum Gasteiger partial charge on any atom is 0.407 e. The van der Waals surface area contributed by atoms with Gasteiger partial charge in [0.1, 0.15) is 11.6 Å². The van der Waals surface area contributed by atoms with E-state index in [0.29, 0.717) is 0 Å². The molecule has 110 valence electrons. The van der Waals surface area contributed by atoms with Crippen molar-refractivity contribution in [2.24, 2.45) is 0 Å². The Morgan fingerprint density at radius 3 is 2.05 bits per heavy atom. The molecular weight excluding hydrogens is 294 g/mol. The molecule has 2 rings (SSSR count). The quantitative estimate of drug-likeness (QED) is 0.882. The number of hydrogen-bond acceptors (Lipinski definition) is 3. The molecule has 0 aliphatic carbocycles. The molecule has 6 nitrogen and oxygen atoms in total. The van der Waals surface area contributed by atoms with E-state index in [2.05, 4.69) is 0 Å². The third-order valence-corrected chi connectivity index (χ3v) is 4.98. The SMILES string of the molecule is O=C(O)N1CCN(S(=O)(=O)c2c(F)cccc2F)CC1. The molecule has 0 radical (unpaired) electrons. The highest BCUT2D eigenvalue weighted by molar-refractivity contribution is 7.89. The van der Waals surface area contributed by atoms with Crippen LogP contribution in [0.25, 0.3) is 0 Å². The Kier molecular flexibility index (Phi) is 3.91. The lowest BCUT2D eigenvalue weighted by molar-refractivity contribution is 0.126. The van der Waals surface area contributed by atoms with Gasteiger partial charge in [0.2, 0.25) is 10.0 Å². The summed E-state index contributed by atoms with van der Waals surface area (Å²) in [6.45, 7) is -0.347. The molecule has 1 amide bonds. The number of carboxylic acid groups (broad SMARTS) is 1. The van der Waals surface area contributed by atoms with Crippen molar-refractivity contribution in [3.63, 3.8) is 0 Å². The lowest BCUT2D eigenvalue weighted by Crippen LogP contribution is -2.50. The van der Waals surface area contributed by atoms with Crippen LogP contribution in [-0.2, 0) is 10.0 Å². The summed E-state index contributed by atoms with van der Waals surface area (Å²) in [4.78, 5) is 10.8. The van der Waals surface area contributed by atoms with Crippen LogP contribution in [-0.4, -0.2) is 55.0 Å². The molecule has 1 aliphatic rings. The van der Waals surface area contributed by atoms with Gasteiger partial charge in [-0.25, -0.2) is 22.0 Å². The Bertz CT molecular complexity index is 607. The standard InChI is InChI=1S/C11H12F2N2O4S/c12-8-2-1-3-9(13)10(8)20(18,19)15-6-4-14(5-7-15)11(16)17/h1-3H,4-7H2,(H,16,17). The molecule has 0 aromatic heterocycles. The van der Waals surface area contributed by atoms with Crippen LogP contribution in [0, 0.1) is 11.6 Å². The second-order valence-corrected chi connectivity index (χ2v) is 6.10. The number of hydrogen-bond donors (Lipinski definition) is 1. The number of nitrogens with zero attached hydrogens (tertiary/aromatic N) is 2. The highest BCUT2D eigenvalue weighted by Gasteiger charge is 2.33. The summed E-state index contributed by atoms with van der Waals surface area (Å²) >= 11 is 0. The minimum Gasteiger partial charge on any atom is -0.465 e. The fourth-order valence-electron chi connectivity index (χ4n) is 1.98. The molecule has 1 fully saturated rings. The van der Waals surface area contributed by atoms with E-state index >= 15 is 0 Å². The molecule has 9 heteroatoms. The average Bonchev–Trinajstić information content (AvgIpc) is 2.38. The van der Waals surface area contributed by atoms with Crippen molar-refractivity contribution in [3.05, 3.63) is 29.8 Å². The van der Waals surface area contributed by atoms with Crippen LogP contribution >= 0.6 is 0 Å². The van der Waals surface area contributed by atoms with E-state index in [1.54, 1.807) is 0 Å². The lowest BCUT2D eigenvalue weighted by atomic mass is 10.3. The van der Waals surface area contributed by atoms with Crippen molar-refractivity contribution in [1.82, 2.24) is 9.21 Å². The van der Waals surface area contributed by atoms with E-state index in [1.165, 1.54) is 0 Å². The van der Waals surface area contributed by atoms with Gasteiger partial charge in [-0.05, 0) is 12.1 Å². The second-order valence-electron chi connectivity index (χ2n) is 4.22. The summed E-state index contributed by atoms with van der Waals surface area (Å²) in [6.07, 6.45) is -1.15. The predicted octanol–water partition coefficient (Wildman–Crippen LogP) is 0.949. The Morgan fingerprint density at radius 2 is 1.60 bits per heavy atom. The van der Waals surface area contributed by atoms with Crippen LogP contribution in [0.2, 0.25) is 0 Å². The summed E-state index contributed by atoms with van der Waals surface area (Å²) in [5, 5.41) is 8.77. The fraction of sp³-hybridized carbons (Fsp3) is 0.364. The van der Waals surface area contributed by atoms with Gasteiger partial charge in [-0.15, -0.1) is 0 Å². The Morgan fingerprint density at radius 1 is 1.10 bits per heavy atom. The van der Waals surface area contributed by atoms with Crippen LogP contribution < -0.4 is 0 Å². The highest BCUT2D eigenvalue weighted by atomic mass is 32.2. The van der Waals surface area contributed by atoms with Gasteiger partial charge in [-0.2, -0.15) is 4.31 Å². The zero-order valence-corrected chi connectivity index (χ0v) is 11.1. The predicted molar refractivity (Wildman–Crippen MR) is 64.7 cm³/mol. The fourth-order valence-corrected chi connectivity index (χ4v) is 3.51.